The number of carbonyl (C=O) groups is 1. The average Bonchev–Trinajstić information content (AvgIpc) is 2.32. The lowest BCUT2D eigenvalue weighted by Crippen LogP contribution is -2.40. The number of hydrogen-bond acceptors (Lipinski definition) is 2. The van der Waals surface area contributed by atoms with Crippen molar-refractivity contribution in [3.05, 3.63) is 34.3 Å². The Balaban J connectivity index is 2.84. The van der Waals surface area contributed by atoms with Gasteiger partial charge in [0.05, 0.1) is 0 Å². The van der Waals surface area contributed by atoms with Gasteiger partial charge in [0.25, 0.3) is 0 Å². The molecule has 1 aromatic rings. The minimum Gasteiger partial charge on any atom is -0.370 e. The molecule has 94 valence electrons. The highest BCUT2D eigenvalue weighted by atomic mass is 79.9. The van der Waals surface area contributed by atoms with Gasteiger partial charge in [-0.1, -0.05) is 41.9 Å². The van der Waals surface area contributed by atoms with Crippen LogP contribution in [0, 0.1) is 0 Å². The van der Waals surface area contributed by atoms with Crippen molar-refractivity contribution in [3.63, 3.8) is 0 Å². The summed E-state index contributed by atoms with van der Waals surface area (Å²) in [6.07, 6.45) is 1.86. The maximum Gasteiger partial charge on any atom is 0.168 e. The van der Waals surface area contributed by atoms with E-state index in [1.54, 1.807) is 7.11 Å². The highest BCUT2D eigenvalue weighted by Crippen LogP contribution is 2.23. The number of halogens is 1. The predicted octanol–water partition coefficient (Wildman–Crippen LogP) is 3.77. The average molecular weight is 299 g/mol. The van der Waals surface area contributed by atoms with Crippen molar-refractivity contribution in [2.45, 2.75) is 38.7 Å². The second-order valence-electron chi connectivity index (χ2n) is 4.14. The molecule has 3 heteroatoms. The monoisotopic (exact) mass is 298 g/mol. The number of ether oxygens (including phenoxy) is 1. The summed E-state index contributed by atoms with van der Waals surface area (Å²) < 4.78 is 6.44. The number of Topliss-reactive ketones (excluding diaryl/α,β-unsaturated/α-hetero) is 1. The lowest BCUT2D eigenvalue weighted by atomic mass is 9.88. The molecule has 0 bridgehead atoms. The number of carbonyl (C=O) groups excluding carboxylic acids is 1. The Morgan fingerprint density at radius 3 is 2.47 bits per heavy atom. The summed E-state index contributed by atoms with van der Waals surface area (Å²) in [5, 5.41) is 0. The Kier molecular flexibility index (Phi) is 5.34. The van der Waals surface area contributed by atoms with Crippen molar-refractivity contribution in [1.29, 1.82) is 0 Å². The maximum atomic E-state index is 12.3. The fourth-order valence-corrected chi connectivity index (χ4v) is 2.49. The summed E-state index contributed by atoms with van der Waals surface area (Å²) in [5.74, 6) is 0.156. The molecule has 0 aromatic heterocycles. The summed E-state index contributed by atoms with van der Waals surface area (Å²) >= 11 is 3.41. The number of hydrogen-bond donors (Lipinski definition) is 0. The van der Waals surface area contributed by atoms with Gasteiger partial charge in [0.15, 0.2) is 5.78 Å². The predicted molar refractivity (Wildman–Crippen MR) is 73.2 cm³/mol. The summed E-state index contributed by atoms with van der Waals surface area (Å²) in [7, 11) is 1.62. The molecule has 0 aliphatic carbocycles. The van der Waals surface area contributed by atoms with Crippen LogP contribution in [0.4, 0.5) is 0 Å². The highest BCUT2D eigenvalue weighted by Gasteiger charge is 2.33. The third kappa shape index (κ3) is 3.39. The van der Waals surface area contributed by atoms with E-state index >= 15 is 0 Å². The van der Waals surface area contributed by atoms with Crippen LogP contribution in [0.15, 0.2) is 28.7 Å². The molecular weight excluding hydrogens is 280 g/mol. The lowest BCUT2D eigenvalue weighted by molar-refractivity contribution is -0.141. The van der Waals surface area contributed by atoms with E-state index in [0.717, 1.165) is 10.0 Å². The molecular formula is C14H19BrO2. The van der Waals surface area contributed by atoms with Gasteiger partial charge >= 0.3 is 0 Å². The molecule has 0 N–H and O–H groups in total. The van der Waals surface area contributed by atoms with E-state index < -0.39 is 5.60 Å². The van der Waals surface area contributed by atoms with Gasteiger partial charge in [-0.3, -0.25) is 4.79 Å². The molecule has 0 saturated heterocycles. The van der Waals surface area contributed by atoms with E-state index in [4.69, 9.17) is 4.74 Å². The molecule has 0 radical (unpaired) electrons. The molecule has 0 aliphatic rings. The van der Waals surface area contributed by atoms with Crippen LogP contribution in [0.5, 0.6) is 0 Å². The Morgan fingerprint density at radius 2 is 2.00 bits per heavy atom. The summed E-state index contributed by atoms with van der Waals surface area (Å²) in [6, 6.07) is 7.84. The molecule has 1 aromatic carbocycles. The topological polar surface area (TPSA) is 26.3 Å². The molecule has 2 nitrogen and oxygen atoms in total. The fourth-order valence-electron chi connectivity index (χ4n) is 2.04. The second kappa shape index (κ2) is 6.31. The second-order valence-corrected chi connectivity index (χ2v) is 5.05. The molecule has 0 spiro atoms. The first-order valence-corrected chi connectivity index (χ1v) is 6.70. The van der Waals surface area contributed by atoms with E-state index in [1.807, 2.05) is 38.1 Å². The zero-order valence-electron chi connectivity index (χ0n) is 10.6. The van der Waals surface area contributed by atoms with Gasteiger partial charge in [-0.15, -0.1) is 0 Å². The van der Waals surface area contributed by atoms with Gasteiger partial charge in [-0.2, -0.15) is 0 Å². The van der Waals surface area contributed by atoms with Crippen molar-refractivity contribution >= 4 is 21.7 Å². The smallest absolute Gasteiger partial charge is 0.168 e. The Morgan fingerprint density at radius 1 is 1.35 bits per heavy atom. The molecule has 0 unspecified atom stereocenters. The van der Waals surface area contributed by atoms with E-state index in [0.29, 0.717) is 19.3 Å². The van der Waals surface area contributed by atoms with Gasteiger partial charge in [0.2, 0.25) is 0 Å². The standard InChI is InChI=1S/C14H19BrO2/c1-4-14(5-2,17-3)13(16)10-11-7-6-8-12(15)9-11/h6-9H,4-5,10H2,1-3H3. The van der Waals surface area contributed by atoms with E-state index in [2.05, 4.69) is 15.9 Å². The first-order valence-electron chi connectivity index (χ1n) is 5.91. The molecule has 0 heterocycles. The van der Waals surface area contributed by atoms with Gasteiger partial charge in [0.1, 0.15) is 5.60 Å². The minimum atomic E-state index is -0.623. The summed E-state index contributed by atoms with van der Waals surface area (Å²) in [6.45, 7) is 3.98. The van der Waals surface area contributed by atoms with Crippen molar-refractivity contribution in [1.82, 2.24) is 0 Å². The highest BCUT2D eigenvalue weighted by molar-refractivity contribution is 9.10. The fraction of sp³-hybridized carbons (Fsp3) is 0.500. The Labute approximate surface area is 111 Å². The third-order valence-electron chi connectivity index (χ3n) is 3.29. The first-order chi connectivity index (χ1) is 8.07. The van der Waals surface area contributed by atoms with Gasteiger partial charge < -0.3 is 4.74 Å². The summed E-state index contributed by atoms with van der Waals surface area (Å²) in [4.78, 5) is 12.3. The van der Waals surface area contributed by atoms with Crippen LogP contribution in [0.25, 0.3) is 0 Å². The molecule has 0 amide bonds. The minimum absolute atomic E-state index is 0.156. The normalized spacial score (nSPS) is 11.5. The van der Waals surface area contributed by atoms with E-state index in [1.165, 1.54) is 0 Å². The van der Waals surface area contributed by atoms with Crippen LogP contribution in [-0.2, 0) is 16.0 Å². The van der Waals surface area contributed by atoms with Gasteiger partial charge in [-0.25, -0.2) is 0 Å². The van der Waals surface area contributed by atoms with Crippen LogP contribution in [0.2, 0.25) is 0 Å². The van der Waals surface area contributed by atoms with Crippen molar-refractivity contribution in [2.24, 2.45) is 0 Å². The largest absolute Gasteiger partial charge is 0.370 e. The maximum absolute atomic E-state index is 12.3. The zero-order valence-corrected chi connectivity index (χ0v) is 12.2. The quantitative estimate of drug-likeness (QED) is 0.799. The zero-order chi connectivity index (χ0) is 12.9. The molecule has 0 aliphatic heterocycles. The molecule has 0 atom stereocenters. The summed E-state index contributed by atoms with van der Waals surface area (Å²) in [5.41, 5.74) is 0.398. The van der Waals surface area contributed by atoms with E-state index in [-0.39, 0.29) is 5.78 Å². The van der Waals surface area contributed by atoms with Gasteiger partial charge in [0, 0.05) is 18.0 Å². The van der Waals surface area contributed by atoms with Gasteiger partial charge in [-0.05, 0) is 30.5 Å². The van der Waals surface area contributed by atoms with Crippen LogP contribution in [-0.4, -0.2) is 18.5 Å². The van der Waals surface area contributed by atoms with Crippen LogP contribution < -0.4 is 0 Å². The molecule has 0 saturated carbocycles. The SMILES string of the molecule is CCC(CC)(OC)C(=O)Cc1cccc(Br)c1. The number of benzene rings is 1. The Bertz CT molecular complexity index is 375. The number of methoxy groups -OCH3 is 1. The van der Waals surface area contributed by atoms with Crippen LogP contribution in [0.3, 0.4) is 0 Å². The Hall–Kier alpha value is -0.670. The number of rotatable bonds is 6. The molecule has 17 heavy (non-hydrogen) atoms. The van der Waals surface area contributed by atoms with Crippen LogP contribution in [0.1, 0.15) is 32.3 Å². The lowest BCUT2D eigenvalue weighted by Gasteiger charge is -2.28. The molecule has 1 rings (SSSR count). The molecule has 0 fully saturated rings. The first kappa shape index (κ1) is 14.4. The van der Waals surface area contributed by atoms with Crippen molar-refractivity contribution in [3.8, 4) is 0 Å². The number of ketones is 1. The van der Waals surface area contributed by atoms with Crippen LogP contribution >= 0.6 is 15.9 Å². The van der Waals surface area contributed by atoms with Crippen molar-refractivity contribution in [2.75, 3.05) is 7.11 Å². The van der Waals surface area contributed by atoms with E-state index in [9.17, 15) is 4.79 Å². The van der Waals surface area contributed by atoms with Crippen molar-refractivity contribution < 1.29 is 9.53 Å². The third-order valence-corrected chi connectivity index (χ3v) is 3.79.